The van der Waals surface area contributed by atoms with E-state index in [1.807, 2.05) is 36.7 Å². The topological polar surface area (TPSA) is 38.7 Å². The minimum atomic E-state index is -0.0945. The molecule has 0 unspecified atom stereocenters. The van der Waals surface area contributed by atoms with Gasteiger partial charge in [-0.05, 0) is 69.6 Å². The summed E-state index contributed by atoms with van der Waals surface area (Å²) in [5.74, 6) is 0.687. The summed E-state index contributed by atoms with van der Waals surface area (Å²) in [6.45, 7) is 10.7. The van der Waals surface area contributed by atoms with Gasteiger partial charge in [0.05, 0.1) is 5.69 Å². The highest BCUT2D eigenvalue weighted by atomic mass is 14.9. The van der Waals surface area contributed by atoms with Crippen molar-refractivity contribution in [2.24, 2.45) is 0 Å². The smallest absolute Gasteiger partial charge is 0.159 e. The van der Waals surface area contributed by atoms with Crippen LogP contribution in [0.25, 0.3) is 61.6 Å². The van der Waals surface area contributed by atoms with Gasteiger partial charge in [0.1, 0.15) is 0 Å². The van der Waals surface area contributed by atoms with Gasteiger partial charge in [-0.2, -0.15) is 0 Å². The number of hydrogen-bond donors (Lipinski definition) is 0. The minimum Gasteiger partial charge on any atom is -0.264 e. The summed E-state index contributed by atoms with van der Waals surface area (Å²) in [6, 6.07) is 38.4. The summed E-state index contributed by atoms with van der Waals surface area (Å²) < 4.78 is 0. The van der Waals surface area contributed by atoms with Crippen LogP contribution in [0.5, 0.6) is 0 Å². The number of fused-ring (bicyclic) bond motifs is 1. The van der Waals surface area contributed by atoms with Crippen molar-refractivity contribution in [3.8, 4) is 56.0 Å². The van der Waals surface area contributed by atoms with Crippen molar-refractivity contribution >= 4 is 5.57 Å². The first-order chi connectivity index (χ1) is 22.4. The van der Waals surface area contributed by atoms with E-state index in [2.05, 4.69) is 135 Å². The quantitative estimate of drug-likeness (QED) is 0.173. The number of rotatable bonds is 7. The lowest BCUT2D eigenvalue weighted by atomic mass is 9.80. The second kappa shape index (κ2) is 12.0. The molecule has 7 rings (SSSR count). The van der Waals surface area contributed by atoms with Gasteiger partial charge in [-0.3, -0.25) is 4.98 Å². The highest BCUT2D eigenvalue weighted by Gasteiger charge is 2.34. The monoisotopic (exact) mass is 593 g/mol. The third-order valence-corrected chi connectivity index (χ3v) is 9.05. The van der Waals surface area contributed by atoms with Gasteiger partial charge in [0.2, 0.25) is 0 Å². The molecular weight excluding hydrogens is 558 g/mol. The van der Waals surface area contributed by atoms with Crippen LogP contribution in [0.4, 0.5) is 0 Å². The normalized spacial score (nSPS) is 13.6. The van der Waals surface area contributed by atoms with Crippen LogP contribution in [0, 0.1) is 0 Å². The summed E-state index contributed by atoms with van der Waals surface area (Å²) in [5, 5.41) is 0. The van der Waals surface area contributed by atoms with E-state index >= 15 is 0 Å². The first-order valence-corrected chi connectivity index (χ1v) is 15.6. The van der Waals surface area contributed by atoms with Gasteiger partial charge in [-0.1, -0.05) is 130 Å². The maximum Gasteiger partial charge on any atom is 0.159 e. The van der Waals surface area contributed by atoms with E-state index in [0.29, 0.717) is 5.82 Å². The Labute approximate surface area is 271 Å². The molecule has 2 aromatic heterocycles. The van der Waals surface area contributed by atoms with Crippen molar-refractivity contribution < 1.29 is 0 Å². The molecule has 1 aliphatic rings. The molecule has 0 saturated heterocycles. The molecule has 1 aliphatic carbocycles. The number of benzene rings is 4. The first kappa shape index (κ1) is 29.1. The molecule has 0 fully saturated rings. The minimum absolute atomic E-state index is 0.0945. The fourth-order valence-electron chi connectivity index (χ4n) is 6.59. The molecule has 0 atom stereocenters. The number of nitrogens with zero attached hydrogens (tertiary/aromatic N) is 3. The Bertz CT molecular complexity index is 2120. The average molecular weight is 594 g/mol. The van der Waals surface area contributed by atoms with E-state index in [4.69, 9.17) is 9.97 Å². The van der Waals surface area contributed by atoms with Gasteiger partial charge in [0.25, 0.3) is 0 Å². The Morgan fingerprint density at radius 1 is 0.630 bits per heavy atom. The molecule has 0 radical (unpaired) electrons. The van der Waals surface area contributed by atoms with Crippen LogP contribution >= 0.6 is 0 Å². The van der Waals surface area contributed by atoms with Crippen LogP contribution in [-0.2, 0) is 5.41 Å². The van der Waals surface area contributed by atoms with Gasteiger partial charge in [-0.25, -0.2) is 9.97 Å². The number of allylic oxidation sites excluding steroid dienone is 5. The largest absolute Gasteiger partial charge is 0.264 e. The zero-order chi connectivity index (χ0) is 31.7. The summed E-state index contributed by atoms with van der Waals surface area (Å²) >= 11 is 0. The molecule has 46 heavy (non-hydrogen) atoms. The third kappa shape index (κ3) is 5.31. The van der Waals surface area contributed by atoms with E-state index in [1.165, 1.54) is 39.0 Å². The zero-order valence-electron chi connectivity index (χ0n) is 26.4. The molecular formula is C43H35N3. The average Bonchev–Trinajstić information content (AvgIpc) is 3.31. The standard InChI is InChI=1S/C43H35N3/c1-5-6-17-39-29(2)37-23-22-34(26-40(37)43(39,3)4)33-14-10-15-35(25-33)42-45-28-38(36-16-11-24-44-27-36)41(46-42)32-20-18-31(19-21-32)30-12-8-7-9-13-30/h5-28H,1H2,2-4H3/b17-6-. The molecule has 222 valence electrons. The number of pyridine rings is 1. The van der Waals surface area contributed by atoms with Crippen LogP contribution in [0.15, 0.2) is 158 Å². The van der Waals surface area contributed by atoms with Gasteiger partial charge in [-0.15, -0.1) is 0 Å². The Morgan fingerprint density at radius 2 is 1.30 bits per heavy atom. The zero-order valence-corrected chi connectivity index (χ0v) is 26.4. The van der Waals surface area contributed by atoms with Crippen molar-refractivity contribution in [2.45, 2.75) is 26.2 Å². The predicted molar refractivity (Wildman–Crippen MR) is 192 cm³/mol. The van der Waals surface area contributed by atoms with Crippen molar-refractivity contribution in [3.63, 3.8) is 0 Å². The maximum absolute atomic E-state index is 5.19. The molecule has 0 bridgehead atoms. The Balaban J connectivity index is 1.28. The van der Waals surface area contributed by atoms with Gasteiger partial charge >= 0.3 is 0 Å². The van der Waals surface area contributed by atoms with Crippen molar-refractivity contribution in [3.05, 3.63) is 169 Å². The van der Waals surface area contributed by atoms with Gasteiger partial charge in [0, 0.05) is 46.3 Å². The van der Waals surface area contributed by atoms with Crippen LogP contribution in [0.3, 0.4) is 0 Å². The van der Waals surface area contributed by atoms with E-state index in [0.717, 1.165) is 33.5 Å². The second-order valence-electron chi connectivity index (χ2n) is 12.2. The van der Waals surface area contributed by atoms with E-state index < -0.39 is 0 Å². The summed E-state index contributed by atoms with van der Waals surface area (Å²) in [6.07, 6.45) is 11.6. The van der Waals surface area contributed by atoms with Gasteiger partial charge < -0.3 is 0 Å². The molecule has 0 spiro atoms. The molecule has 0 saturated carbocycles. The van der Waals surface area contributed by atoms with E-state index in [9.17, 15) is 0 Å². The van der Waals surface area contributed by atoms with Gasteiger partial charge in [0.15, 0.2) is 5.82 Å². The molecule has 0 aliphatic heterocycles. The SMILES string of the molecule is C=C/C=C\C1=C(C)c2ccc(-c3cccc(-c4ncc(-c5cccnc5)c(-c5ccc(-c6ccccc6)cc5)n4)c3)cc2C1(C)C. The molecule has 2 heterocycles. The lowest BCUT2D eigenvalue weighted by Crippen LogP contribution is -2.16. The van der Waals surface area contributed by atoms with Crippen LogP contribution in [-0.4, -0.2) is 15.0 Å². The fourth-order valence-corrected chi connectivity index (χ4v) is 6.59. The fraction of sp³-hybridized carbons (Fsp3) is 0.0930. The van der Waals surface area contributed by atoms with E-state index in [1.54, 1.807) is 6.20 Å². The number of hydrogen-bond acceptors (Lipinski definition) is 3. The van der Waals surface area contributed by atoms with Crippen molar-refractivity contribution in [1.82, 2.24) is 15.0 Å². The van der Waals surface area contributed by atoms with Crippen LogP contribution in [0.1, 0.15) is 31.9 Å². The Morgan fingerprint density at radius 3 is 2.07 bits per heavy atom. The van der Waals surface area contributed by atoms with Crippen LogP contribution in [0.2, 0.25) is 0 Å². The second-order valence-corrected chi connectivity index (χ2v) is 12.2. The van der Waals surface area contributed by atoms with Crippen LogP contribution < -0.4 is 0 Å². The summed E-state index contributed by atoms with van der Waals surface area (Å²) in [7, 11) is 0. The molecule has 0 amide bonds. The highest BCUT2D eigenvalue weighted by Crippen LogP contribution is 2.48. The highest BCUT2D eigenvalue weighted by molar-refractivity contribution is 5.85. The summed E-state index contributed by atoms with van der Waals surface area (Å²) in [4.78, 5) is 14.4. The van der Waals surface area contributed by atoms with Crippen molar-refractivity contribution in [1.29, 1.82) is 0 Å². The molecule has 4 aromatic carbocycles. The summed E-state index contributed by atoms with van der Waals surface area (Å²) in [5.41, 5.74) is 14.7. The lowest BCUT2D eigenvalue weighted by molar-refractivity contribution is 0.654. The van der Waals surface area contributed by atoms with Crippen molar-refractivity contribution in [2.75, 3.05) is 0 Å². The predicted octanol–water partition coefficient (Wildman–Crippen LogP) is 11.0. The maximum atomic E-state index is 5.19. The van der Waals surface area contributed by atoms with E-state index in [-0.39, 0.29) is 5.41 Å². The molecule has 3 heteroatoms. The first-order valence-electron chi connectivity index (χ1n) is 15.6. The Kier molecular flexibility index (Phi) is 7.60. The third-order valence-electron chi connectivity index (χ3n) is 9.05. The molecule has 6 aromatic rings. The molecule has 0 N–H and O–H groups in total. The number of aromatic nitrogens is 3. The lowest BCUT2D eigenvalue weighted by Gasteiger charge is -2.23. The Hall–Kier alpha value is -5.67. The molecule has 3 nitrogen and oxygen atoms in total.